The second kappa shape index (κ2) is 5.27. The van der Waals surface area contributed by atoms with Gasteiger partial charge in [0.2, 0.25) is 5.91 Å². The number of carboxylic acids is 1. The Labute approximate surface area is 103 Å². The van der Waals surface area contributed by atoms with E-state index in [2.05, 4.69) is 37.2 Å². The van der Waals surface area contributed by atoms with Crippen molar-refractivity contribution in [1.29, 1.82) is 0 Å². The third-order valence-electron chi connectivity index (χ3n) is 1.51. The summed E-state index contributed by atoms with van der Waals surface area (Å²) in [6.45, 7) is 0. The summed E-state index contributed by atoms with van der Waals surface area (Å²) in [5.74, 6) is -1.71. The predicted molar refractivity (Wildman–Crippen MR) is 62.7 cm³/mol. The number of anilines is 1. The second-order valence-corrected chi connectivity index (χ2v) is 4.51. The zero-order chi connectivity index (χ0) is 11.4. The highest BCUT2D eigenvalue weighted by molar-refractivity contribution is 9.11. The van der Waals surface area contributed by atoms with E-state index in [9.17, 15) is 9.59 Å². The van der Waals surface area contributed by atoms with Gasteiger partial charge in [0.05, 0.1) is 5.69 Å². The molecule has 0 atom stereocenters. The Hall–Kier alpha value is -0.880. The monoisotopic (exact) mass is 335 g/mol. The molecule has 0 bridgehead atoms. The van der Waals surface area contributed by atoms with Gasteiger partial charge in [-0.1, -0.05) is 15.9 Å². The van der Waals surface area contributed by atoms with Gasteiger partial charge in [-0.05, 0) is 34.1 Å². The molecule has 4 nitrogen and oxygen atoms in total. The van der Waals surface area contributed by atoms with Gasteiger partial charge in [-0.2, -0.15) is 0 Å². The molecule has 0 aromatic heterocycles. The van der Waals surface area contributed by atoms with Gasteiger partial charge in [0.15, 0.2) is 0 Å². The maximum atomic E-state index is 11.2. The smallest absolute Gasteiger partial charge is 0.312 e. The van der Waals surface area contributed by atoms with Crippen molar-refractivity contribution in [2.45, 2.75) is 6.42 Å². The Morgan fingerprint density at radius 3 is 2.60 bits per heavy atom. The van der Waals surface area contributed by atoms with E-state index in [1.165, 1.54) is 0 Å². The van der Waals surface area contributed by atoms with Crippen LogP contribution in [0, 0.1) is 0 Å². The van der Waals surface area contributed by atoms with Crippen LogP contribution in [0.2, 0.25) is 0 Å². The zero-order valence-corrected chi connectivity index (χ0v) is 10.6. The molecule has 80 valence electrons. The maximum absolute atomic E-state index is 11.2. The predicted octanol–water partition coefficient (Wildman–Crippen LogP) is 2.62. The molecule has 6 heteroatoms. The highest BCUT2D eigenvalue weighted by Gasteiger charge is 2.09. The molecule has 0 aliphatic rings. The second-order valence-electron chi connectivity index (χ2n) is 2.74. The van der Waals surface area contributed by atoms with Gasteiger partial charge in [0.1, 0.15) is 6.42 Å². The minimum absolute atomic E-state index is 0.538. The van der Waals surface area contributed by atoms with Crippen molar-refractivity contribution >= 4 is 49.4 Å². The van der Waals surface area contributed by atoms with Gasteiger partial charge < -0.3 is 10.4 Å². The minimum Gasteiger partial charge on any atom is -0.481 e. The average Bonchev–Trinajstić information content (AvgIpc) is 2.10. The number of carbonyl (C=O) groups is 2. The van der Waals surface area contributed by atoms with Crippen molar-refractivity contribution < 1.29 is 14.7 Å². The van der Waals surface area contributed by atoms with E-state index in [0.717, 1.165) is 4.47 Å². The van der Waals surface area contributed by atoms with Crippen molar-refractivity contribution in [2.75, 3.05) is 5.32 Å². The van der Waals surface area contributed by atoms with Crippen LogP contribution in [0.5, 0.6) is 0 Å². The van der Waals surface area contributed by atoms with E-state index in [-0.39, 0.29) is 0 Å². The normalized spacial score (nSPS) is 9.73. The number of amides is 1. The number of hydrogen-bond acceptors (Lipinski definition) is 2. The number of hydrogen-bond donors (Lipinski definition) is 2. The van der Waals surface area contributed by atoms with E-state index in [0.29, 0.717) is 10.2 Å². The summed E-state index contributed by atoms with van der Waals surface area (Å²) in [6.07, 6.45) is -0.543. The number of halogens is 2. The van der Waals surface area contributed by atoms with Crippen LogP contribution in [0.25, 0.3) is 0 Å². The number of carbonyl (C=O) groups excluding carboxylic acids is 1. The fourth-order valence-electron chi connectivity index (χ4n) is 0.925. The van der Waals surface area contributed by atoms with Crippen LogP contribution in [-0.4, -0.2) is 17.0 Å². The first-order valence-electron chi connectivity index (χ1n) is 3.95. The molecule has 0 fully saturated rings. The summed E-state index contributed by atoms with van der Waals surface area (Å²) in [4.78, 5) is 21.4. The molecule has 1 aromatic carbocycles. The molecule has 0 aliphatic carbocycles. The third-order valence-corrected chi connectivity index (χ3v) is 2.70. The van der Waals surface area contributed by atoms with Crippen LogP contribution >= 0.6 is 31.9 Å². The first kappa shape index (κ1) is 12.2. The number of aliphatic carboxylic acids is 1. The number of nitrogens with one attached hydrogen (secondary N) is 1. The minimum atomic E-state index is -1.15. The standard InChI is InChI=1S/C9H7Br2NO3/c10-5-1-2-6(11)7(3-5)12-8(13)4-9(14)15/h1-3H,4H2,(H,12,13)(H,14,15). The molecule has 0 unspecified atom stereocenters. The Morgan fingerprint density at radius 2 is 2.00 bits per heavy atom. The van der Waals surface area contributed by atoms with Gasteiger partial charge in [-0.25, -0.2) is 0 Å². The Balaban J connectivity index is 2.76. The maximum Gasteiger partial charge on any atom is 0.312 e. The first-order chi connectivity index (χ1) is 6.99. The molecule has 1 amide bonds. The van der Waals surface area contributed by atoms with Gasteiger partial charge in [0, 0.05) is 8.95 Å². The van der Waals surface area contributed by atoms with Crippen molar-refractivity contribution in [3.05, 3.63) is 27.1 Å². The summed E-state index contributed by atoms with van der Waals surface area (Å²) >= 11 is 6.49. The van der Waals surface area contributed by atoms with Crippen LogP contribution in [0.4, 0.5) is 5.69 Å². The lowest BCUT2D eigenvalue weighted by atomic mass is 10.3. The largest absolute Gasteiger partial charge is 0.481 e. The molecule has 0 radical (unpaired) electrons. The molecular formula is C9H7Br2NO3. The van der Waals surface area contributed by atoms with Gasteiger partial charge in [0.25, 0.3) is 0 Å². The fourth-order valence-corrected chi connectivity index (χ4v) is 1.63. The molecule has 1 rings (SSSR count). The van der Waals surface area contributed by atoms with Gasteiger partial charge >= 0.3 is 5.97 Å². The highest BCUT2D eigenvalue weighted by Crippen LogP contribution is 2.26. The Morgan fingerprint density at radius 1 is 1.33 bits per heavy atom. The van der Waals surface area contributed by atoms with E-state index >= 15 is 0 Å². The van der Waals surface area contributed by atoms with Gasteiger partial charge in [-0.3, -0.25) is 9.59 Å². The van der Waals surface area contributed by atoms with E-state index in [1.54, 1.807) is 18.2 Å². The number of benzene rings is 1. The van der Waals surface area contributed by atoms with Crippen molar-refractivity contribution in [1.82, 2.24) is 0 Å². The quantitative estimate of drug-likeness (QED) is 0.834. The molecule has 1 aromatic rings. The van der Waals surface area contributed by atoms with Crippen LogP contribution in [0.3, 0.4) is 0 Å². The first-order valence-corrected chi connectivity index (χ1v) is 5.54. The molecule has 2 N–H and O–H groups in total. The van der Waals surface area contributed by atoms with Crippen LogP contribution in [0.1, 0.15) is 6.42 Å². The Bertz CT molecular complexity index is 406. The lowest BCUT2D eigenvalue weighted by Gasteiger charge is -2.06. The average molecular weight is 337 g/mol. The molecule has 0 aliphatic heterocycles. The van der Waals surface area contributed by atoms with Crippen LogP contribution < -0.4 is 5.32 Å². The van der Waals surface area contributed by atoms with E-state index in [4.69, 9.17) is 5.11 Å². The molecule has 15 heavy (non-hydrogen) atoms. The van der Waals surface area contributed by atoms with Crippen molar-refractivity contribution in [3.8, 4) is 0 Å². The molecule has 0 saturated carbocycles. The lowest BCUT2D eigenvalue weighted by Crippen LogP contribution is -2.16. The van der Waals surface area contributed by atoms with Crippen molar-refractivity contribution in [2.24, 2.45) is 0 Å². The zero-order valence-electron chi connectivity index (χ0n) is 7.46. The summed E-state index contributed by atoms with van der Waals surface area (Å²) in [5, 5.41) is 10.9. The molecule has 0 saturated heterocycles. The number of rotatable bonds is 3. The van der Waals surface area contributed by atoms with E-state index in [1.807, 2.05) is 0 Å². The molecule has 0 spiro atoms. The van der Waals surface area contributed by atoms with E-state index < -0.39 is 18.3 Å². The van der Waals surface area contributed by atoms with Gasteiger partial charge in [-0.15, -0.1) is 0 Å². The third kappa shape index (κ3) is 4.01. The summed E-state index contributed by atoms with van der Waals surface area (Å²) in [7, 11) is 0. The summed E-state index contributed by atoms with van der Waals surface area (Å²) in [6, 6.07) is 5.24. The SMILES string of the molecule is O=C(O)CC(=O)Nc1cc(Br)ccc1Br. The Kier molecular flexibility index (Phi) is 4.28. The summed E-state index contributed by atoms with van der Waals surface area (Å²) < 4.78 is 1.50. The number of carboxylic acid groups (broad SMARTS) is 1. The molecular weight excluding hydrogens is 330 g/mol. The van der Waals surface area contributed by atoms with Crippen molar-refractivity contribution in [3.63, 3.8) is 0 Å². The van der Waals surface area contributed by atoms with Crippen LogP contribution in [-0.2, 0) is 9.59 Å². The van der Waals surface area contributed by atoms with Crippen LogP contribution in [0.15, 0.2) is 27.1 Å². The highest BCUT2D eigenvalue weighted by atomic mass is 79.9. The fraction of sp³-hybridized carbons (Fsp3) is 0.111. The summed E-state index contributed by atoms with van der Waals surface area (Å²) in [5.41, 5.74) is 0.538. The topological polar surface area (TPSA) is 66.4 Å². The lowest BCUT2D eigenvalue weighted by molar-refractivity contribution is -0.139. The molecule has 0 heterocycles.